The predicted molar refractivity (Wildman–Crippen MR) is 82.3 cm³/mol. The molecule has 1 aliphatic rings. The number of amides is 1. The number of piperidine rings is 1. The van der Waals surface area contributed by atoms with Gasteiger partial charge in [-0.3, -0.25) is 9.69 Å². The quantitative estimate of drug-likeness (QED) is 0.929. The Morgan fingerprint density at radius 1 is 1.29 bits per heavy atom. The van der Waals surface area contributed by atoms with Crippen LogP contribution in [0.3, 0.4) is 0 Å². The summed E-state index contributed by atoms with van der Waals surface area (Å²) in [5, 5.41) is 3.11. The first-order valence-corrected chi connectivity index (χ1v) is 7.63. The molecule has 0 aliphatic carbocycles. The van der Waals surface area contributed by atoms with E-state index in [9.17, 15) is 9.18 Å². The van der Waals surface area contributed by atoms with Crippen LogP contribution in [0.15, 0.2) is 24.3 Å². The molecule has 0 bridgehead atoms. The highest BCUT2D eigenvalue weighted by atomic mass is 19.1. The van der Waals surface area contributed by atoms with E-state index >= 15 is 0 Å². The van der Waals surface area contributed by atoms with Crippen molar-refractivity contribution in [2.24, 2.45) is 5.41 Å². The lowest BCUT2D eigenvalue weighted by Crippen LogP contribution is -2.47. The smallest absolute Gasteiger partial charge is 0.225 e. The van der Waals surface area contributed by atoms with Crippen molar-refractivity contribution in [2.75, 3.05) is 13.1 Å². The fourth-order valence-electron chi connectivity index (χ4n) is 2.50. The molecule has 0 unspecified atom stereocenters. The van der Waals surface area contributed by atoms with Gasteiger partial charge in [-0.15, -0.1) is 0 Å². The lowest BCUT2D eigenvalue weighted by molar-refractivity contribution is -0.129. The van der Waals surface area contributed by atoms with E-state index in [0.29, 0.717) is 6.54 Å². The standard InChI is InChI=1S/C17H25FN2O/c1-17(2,3)16(21)19-14-8-10-20(11-9-14)12-13-6-4-5-7-15(13)18/h4-7,14H,8-12H2,1-3H3,(H,19,21). The minimum Gasteiger partial charge on any atom is -0.353 e. The molecule has 0 spiro atoms. The minimum atomic E-state index is -0.343. The van der Waals surface area contributed by atoms with Crippen molar-refractivity contribution in [1.29, 1.82) is 0 Å². The van der Waals surface area contributed by atoms with Gasteiger partial charge in [-0.25, -0.2) is 4.39 Å². The highest BCUT2D eigenvalue weighted by Crippen LogP contribution is 2.18. The third-order valence-electron chi connectivity index (χ3n) is 3.96. The van der Waals surface area contributed by atoms with Crippen LogP contribution in [0.4, 0.5) is 4.39 Å². The molecule has 1 saturated heterocycles. The fraction of sp³-hybridized carbons (Fsp3) is 0.588. The Labute approximate surface area is 126 Å². The Morgan fingerprint density at radius 3 is 2.48 bits per heavy atom. The Hall–Kier alpha value is -1.42. The maximum absolute atomic E-state index is 13.6. The molecule has 1 heterocycles. The van der Waals surface area contributed by atoms with Crippen LogP contribution in [0.25, 0.3) is 0 Å². The zero-order valence-corrected chi connectivity index (χ0v) is 13.2. The third-order valence-corrected chi connectivity index (χ3v) is 3.96. The number of carbonyl (C=O) groups excluding carboxylic acids is 1. The molecule has 2 rings (SSSR count). The van der Waals surface area contributed by atoms with E-state index in [-0.39, 0.29) is 23.2 Å². The monoisotopic (exact) mass is 292 g/mol. The van der Waals surface area contributed by atoms with Gasteiger partial charge in [-0.1, -0.05) is 39.0 Å². The van der Waals surface area contributed by atoms with Gasteiger partial charge in [0.1, 0.15) is 5.82 Å². The second-order valence-corrected chi connectivity index (χ2v) is 6.87. The SMILES string of the molecule is CC(C)(C)C(=O)NC1CCN(Cc2ccccc2F)CC1. The van der Waals surface area contributed by atoms with Crippen molar-refractivity contribution in [3.63, 3.8) is 0 Å². The van der Waals surface area contributed by atoms with Crippen molar-refractivity contribution < 1.29 is 9.18 Å². The van der Waals surface area contributed by atoms with Gasteiger partial charge < -0.3 is 5.32 Å². The van der Waals surface area contributed by atoms with Gasteiger partial charge >= 0.3 is 0 Å². The second kappa shape index (κ2) is 6.56. The van der Waals surface area contributed by atoms with E-state index in [1.165, 1.54) is 6.07 Å². The maximum atomic E-state index is 13.6. The van der Waals surface area contributed by atoms with Gasteiger partial charge in [-0.05, 0) is 18.9 Å². The van der Waals surface area contributed by atoms with Crippen LogP contribution in [0, 0.1) is 11.2 Å². The summed E-state index contributed by atoms with van der Waals surface area (Å²) in [4.78, 5) is 14.2. The van der Waals surface area contributed by atoms with Crippen molar-refractivity contribution >= 4 is 5.91 Å². The lowest BCUT2D eigenvalue weighted by Gasteiger charge is -2.33. The molecule has 0 radical (unpaired) electrons. The summed E-state index contributed by atoms with van der Waals surface area (Å²) in [5.74, 6) is -0.0317. The van der Waals surface area contributed by atoms with Crippen molar-refractivity contribution in [3.05, 3.63) is 35.6 Å². The summed E-state index contributed by atoms with van der Waals surface area (Å²) in [7, 11) is 0. The first-order valence-electron chi connectivity index (χ1n) is 7.63. The Kier molecular flexibility index (Phi) is 4.99. The Morgan fingerprint density at radius 2 is 1.90 bits per heavy atom. The van der Waals surface area contributed by atoms with Crippen LogP contribution in [0.2, 0.25) is 0 Å². The van der Waals surface area contributed by atoms with Gasteiger partial charge in [0, 0.05) is 36.7 Å². The zero-order chi connectivity index (χ0) is 15.5. The molecule has 21 heavy (non-hydrogen) atoms. The van der Waals surface area contributed by atoms with Gasteiger partial charge in [0.05, 0.1) is 0 Å². The largest absolute Gasteiger partial charge is 0.353 e. The normalized spacial score (nSPS) is 17.7. The molecule has 1 aromatic rings. The van der Waals surface area contributed by atoms with Crippen LogP contribution >= 0.6 is 0 Å². The number of nitrogens with zero attached hydrogens (tertiary/aromatic N) is 1. The first kappa shape index (κ1) is 16.0. The molecule has 0 saturated carbocycles. The van der Waals surface area contributed by atoms with E-state index in [2.05, 4.69) is 10.2 Å². The average molecular weight is 292 g/mol. The van der Waals surface area contributed by atoms with Crippen molar-refractivity contribution in [3.8, 4) is 0 Å². The number of halogens is 1. The molecule has 3 nitrogen and oxygen atoms in total. The minimum absolute atomic E-state index is 0.107. The van der Waals surface area contributed by atoms with Crippen LogP contribution in [-0.4, -0.2) is 29.9 Å². The number of hydrogen-bond donors (Lipinski definition) is 1. The summed E-state index contributed by atoms with van der Waals surface area (Å²) in [5.41, 5.74) is 0.402. The number of carbonyl (C=O) groups is 1. The van der Waals surface area contributed by atoms with Crippen LogP contribution in [0.5, 0.6) is 0 Å². The third kappa shape index (κ3) is 4.53. The molecule has 1 aromatic carbocycles. The van der Waals surface area contributed by atoms with Gasteiger partial charge in [0.25, 0.3) is 0 Å². The van der Waals surface area contributed by atoms with Crippen LogP contribution < -0.4 is 5.32 Å². The number of benzene rings is 1. The molecule has 0 atom stereocenters. The van der Waals surface area contributed by atoms with E-state index in [4.69, 9.17) is 0 Å². The fourth-order valence-corrected chi connectivity index (χ4v) is 2.50. The predicted octanol–water partition coefficient (Wildman–Crippen LogP) is 2.95. The van der Waals surface area contributed by atoms with Crippen molar-refractivity contribution in [2.45, 2.75) is 46.2 Å². The summed E-state index contributed by atoms with van der Waals surface area (Å²) in [6.07, 6.45) is 1.85. The highest BCUT2D eigenvalue weighted by molar-refractivity contribution is 5.81. The molecular formula is C17H25FN2O. The first-order chi connectivity index (χ1) is 9.86. The van der Waals surface area contributed by atoms with Gasteiger partial charge in [0.15, 0.2) is 0 Å². The van der Waals surface area contributed by atoms with E-state index < -0.39 is 0 Å². The highest BCUT2D eigenvalue weighted by Gasteiger charge is 2.26. The molecule has 116 valence electrons. The molecule has 1 aliphatic heterocycles. The van der Waals surface area contributed by atoms with Crippen LogP contribution in [-0.2, 0) is 11.3 Å². The maximum Gasteiger partial charge on any atom is 0.225 e. The summed E-state index contributed by atoms with van der Waals surface area (Å²) >= 11 is 0. The van der Waals surface area contributed by atoms with E-state index in [1.54, 1.807) is 6.07 Å². The zero-order valence-electron chi connectivity index (χ0n) is 13.2. The topological polar surface area (TPSA) is 32.3 Å². The summed E-state index contributed by atoms with van der Waals surface area (Å²) in [6, 6.07) is 7.17. The van der Waals surface area contributed by atoms with Crippen LogP contribution in [0.1, 0.15) is 39.2 Å². The number of nitrogens with one attached hydrogen (secondary N) is 1. The molecule has 0 aromatic heterocycles. The number of rotatable bonds is 3. The average Bonchev–Trinajstić information content (AvgIpc) is 2.42. The van der Waals surface area contributed by atoms with Gasteiger partial charge in [-0.2, -0.15) is 0 Å². The molecule has 4 heteroatoms. The summed E-state index contributed by atoms with van der Waals surface area (Å²) in [6.45, 7) is 8.21. The summed E-state index contributed by atoms with van der Waals surface area (Å²) < 4.78 is 13.6. The van der Waals surface area contributed by atoms with E-state index in [0.717, 1.165) is 31.5 Å². The molecule has 1 amide bonds. The number of hydrogen-bond acceptors (Lipinski definition) is 2. The number of likely N-dealkylation sites (tertiary alicyclic amines) is 1. The molecular weight excluding hydrogens is 267 g/mol. The Balaban J connectivity index is 1.81. The Bertz CT molecular complexity index is 488. The molecule has 1 N–H and O–H groups in total. The van der Waals surface area contributed by atoms with Crippen molar-refractivity contribution in [1.82, 2.24) is 10.2 Å². The van der Waals surface area contributed by atoms with Gasteiger partial charge in [0.2, 0.25) is 5.91 Å². The second-order valence-electron chi connectivity index (χ2n) is 6.87. The van der Waals surface area contributed by atoms with E-state index in [1.807, 2.05) is 32.9 Å². The molecule has 1 fully saturated rings. The lowest BCUT2D eigenvalue weighted by atomic mass is 9.94.